The van der Waals surface area contributed by atoms with E-state index in [1.54, 1.807) is 0 Å². The Balaban J connectivity index is 2.13. The number of hydrogen-bond donors (Lipinski definition) is 0. The smallest absolute Gasteiger partial charge is 0.00989 e. The van der Waals surface area contributed by atoms with Gasteiger partial charge in [-0.1, -0.05) is 66.7 Å². The molecule has 0 fully saturated rings. The van der Waals surface area contributed by atoms with Gasteiger partial charge in [-0.2, -0.15) is 0 Å². The minimum atomic E-state index is 1.30. The summed E-state index contributed by atoms with van der Waals surface area (Å²) in [7, 11) is 0. The van der Waals surface area contributed by atoms with Gasteiger partial charge in [-0.15, -0.1) is 0 Å². The second-order valence-corrected chi connectivity index (χ2v) is 5.99. The first-order valence-electron chi connectivity index (χ1n) is 7.72. The molecule has 0 aliphatic rings. The molecule has 0 heterocycles. The summed E-state index contributed by atoms with van der Waals surface area (Å²) >= 11 is 0. The summed E-state index contributed by atoms with van der Waals surface area (Å²) in [4.78, 5) is 0. The molecule has 4 rings (SSSR count). The molecule has 0 saturated heterocycles. The predicted octanol–water partition coefficient (Wildman–Crippen LogP) is 6.28. The number of fused-ring (bicyclic) bond motifs is 3. The Bertz CT molecular complexity index is 993. The van der Waals surface area contributed by atoms with Crippen LogP contribution in [-0.4, -0.2) is 0 Å². The first kappa shape index (κ1) is 13.1. The molecule has 0 atom stereocenters. The van der Waals surface area contributed by atoms with Crippen LogP contribution in [0.15, 0.2) is 72.8 Å². The van der Waals surface area contributed by atoms with Crippen LogP contribution in [0.2, 0.25) is 0 Å². The van der Waals surface area contributed by atoms with Crippen LogP contribution in [0.3, 0.4) is 0 Å². The Morgan fingerprint density at radius 2 is 1.23 bits per heavy atom. The summed E-state index contributed by atoms with van der Waals surface area (Å²) in [6, 6.07) is 26.4. The molecular formula is C22H18. The molecule has 0 bridgehead atoms. The highest BCUT2D eigenvalue weighted by Gasteiger charge is 2.08. The Hall–Kier alpha value is -2.60. The zero-order valence-electron chi connectivity index (χ0n) is 12.9. The molecular weight excluding hydrogens is 264 g/mol. The van der Waals surface area contributed by atoms with Gasteiger partial charge in [-0.05, 0) is 63.7 Å². The van der Waals surface area contributed by atoms with Crippen LogP contribution in [0.25, 0.3) is 32.7 Å². The van der Waals surface area contributed by atoms with Crippen molar-refractivity contribution in [1.82, 2.24) is 0 Å². The van der Waals surface area contributed by atoms with Crippen LogP contribution in [0.5, 0.6) is 0 Å². The highest BCUT2D eigenvalue weighted by Crippen LogP contribution is 2.35. The van der Waals surface area contributed by atoms with E-state index in [0.29, 0.717) is 0 Å². The van der Waals surface area contributed by atoms with E-state index in [1.807, 2.05) is 0 Å². The van der Waals surface area contributed by atoms with Crippen LogP contribution < -0.4 is 0 Å². The molecule has 4 aromatic rings. The molecule has 0 saturated carbocycles. The van der Waals surface area contributed by atoms with Gasteiger partial charge in [0.1, 0.15) is 0 Å². The van der Waals surface area contributed by atoms with Gasteiger partial charge >= 0.3 is 0 Å². The van der Waals surface area contributed by atoms with Gasteiger partial charge in [0.25, 0.3) is 0 Å². The van der Waals surface area contributed by atoms with Crippen molar-refractivity contribution in [2.24, 2.45) is 0 Å². The molecule has 0 aliphatic heterocycles. The van der Waals surface area contributed by atoms with E-state index in [2.05, 4.69) is 86.6 Å². The predicted molar refractivity (Wildman–Crippen MR) is 96.4 cm³/mol. The van der Waals surface area contributed by atoms with E-state index in [1.165, 1.54) is 43.8 Å². The summed E-state index contributed by atoms with van der Waals surface area (Å²) in [5.74, 6) is 0. The molecule has 0 heteroatoms. The number of rotatable bonds is 1. The number of benzene rings is 4. The Labute approximate surface area is 131 Å². The summed E-state index contributed by atoms with van der Waals surface area (Å²) in [6.07, 6.45) is 0. The fourth-order valence-corrected chi connectivity index (χ4v) is 3.20. The van der Waals surface area contributed by atoms with E-state index in [0.717, 1.165) is 0 Å². The normalized spacial score (nSPS) is 11.2. The van der Waals surface area contributed by atoms with Crippen LogP contribution >= 0.6 is 0 Å². The third kappa shape index (κ3) is 2.00. The second kappa shape index (κ2) is 4.99. The zero-order chi connectivity index (χ0) is 15.1. The minimum absolute atomic E-state index is 1.30. The van der Waals surface area contributed by atoms with Crippen molar-refractivity contribution >= 4 is 21.5 Å². The van der Waals surface area contributed by atoms with Gasteiger partial charge in [-0.25, -0.2) is 0 Å². The van der Waals surface area contributed by atoms with Gasteiger partial charge in [-0.3, -0.25) is 0 Å². The van der Waals surface area contributed by atoms with Crippen LogP contribution in [0, 0.1) is 13.8 Å². The third-order valence-electron chi connectivity index (χ3n) is 4.59. The monoisotopic (exact) mass is 282 g/mol. The van der Waals surface area contributed by atoms with Crippen molar-refractivity contribution < 1.29 is 0 Å². The molecule has 0 N–H and O–H groups in total. The maximum absolute atomic E-state index is 2.32. The molecule has 22 heavy (non-hydrogen) atoms. The summed E-state index contributed by atoms with van der Waals surface area (Å²) < 4.78 is 0. The maximum Gasteiger partial charge on any atom is -0.00989 e. The van der Waals surface area contributed by atoms with E-state index in [-0.39, 0.29) is 0 Å². The molecule has 106 valence electrons. The summed E-state index contributed by atoms with van der Waals surface area (Å²) in [5, 5.41) is 5.28. The van der Waals surface area contributed by atoms with Crippen molar-refractivity contribution in [2.45, 2.75) is 13.8 Å². The van der Waals surface area contributed by atoms with Crippen LogP contribution in [0.4, 0.5) is 0 Å². The Morgan fingerprint density at radius 3 is 2.00 bits per heavy atom. The van der Waals surface area contributed by atoms with E-state index in [9.17, 15) is 0 Å². The van der Waals surface area contributed by atoms with E-state index < -0.39 is 0 Å². The fourth-order valence-electron chi connectivity index (χ4n) is 3.20. The van der Waals surface area contributed by atoms with E-state index >= 15 is 0 Å². The molecule has 0 spiro atoms. The largest absolute Gasteiger partial charge is 0.0616 e. The zero-order valence-corrected chi connectivity index (χ0v) is 12.9. The lowest BCUT2D eigenvalue weighted by Crippen LogP contribution is -1.87. The number of hydrogen-bond acceptors (Lipinski definition) is 0. The Kier molecular flexibility index (Phi) is 2.97. The minimum Gasteiger partial charge on any atom is -0.0616 e. The van der Waals surface area contributed by atoms with Crippen LogP contribution in [-0.2, 0) is 0 Å². The van der Waals surface area contributed by atoms with Crippen LogP contribution in [0.1, 0.15) is 11.1 Å². The molecule has 0 aliphatic carbocycles. The maximum atomic E-state index is 2.32. The molecule has 0 unspecified atom stereocenters. The molecule has 0 nitrogen and oxygen atoms in total. The van der Waals surface area contributed by atoms with Gasteiger partial charge in [0.2, 0.25) is 0 Å². The van der Waals surface area contributed by atoms with Crippen molar-refractivity contribution in [3.63, 3.8) is 0 Å². The van der Waals surface area contributed by atoms with E-state index in [4.69, 9.17) is 0 Å². The van der Waals surface area contributed by atoms with Crippen molar-refractivity contribution in [2.75, 3.05) is 0 Å². The lowest BCUT2D eigenvalue weighted by molar-refractivity contribution is 1.34. The first-order valence-corrected chi connectivity index (χ1v) is 7.72. The standard InChI is InChI=1S/C22H18/c1-15-11-12-18(13-16(15)2)22-14-17-7-3-4-8-19(17)20-9-5-6-10-21(20)22/h3-14H,1-2H3. The lowest BCUT2D eigenvalue weighted by Gasteiger charge is -2.12. The fraction of sp³-hybridized carbons (Fsp3) is 0.0909. The highest BCUT2D eigenvalue weighted by atomic mass is 14.1. The van der Waals surface area contributed by atoms with Crippen molar-refractivity contribution in [1.29, 1.82) is 0 Å². The SMILES string of the molecule is Cc1ccc(-c2cc3ccccc3c3ccccc23)cc1C. The van der Waals surface area contributed by atoms with Gasteiger partial charge in [0.15, 0.2) is 0 Å². The summed E-state index contributed by atoms with van der Waals surface area (Å²) in [5.41, 5.74) is 5.30. The molecule has 4 aromatic carbocycles. The topological polar surface area (TPSA) is 0 Å². The van der Waals surface area contributed by atoms with Gasteiger partial charge < -0.3 is 0 Å². The summed E-state index contributed by atoms with van der Waals surface area (Å²) in [6.45, 7) is 4.35. The highest BCUT2D eigenvalue weighted by molar-refractivity contribution is 6.13. The van der Waals surface area contributed by atoms with Crippen molar-refractivity contribution in [3.05, 3.63) is 83.9 Å². The van der Waals surface area contributed by atoms with Gasteiger partial charge in [0, 0.05) is 0 Å². The second-order valence-electron chi connectivity index (χ2n) is 5.99. The average molecular weight is 282 g/mol. The average Bonchev–Trinajstić information content (AvgIpc) is 2.57. The lowest BCUT2D eigenvalue weighted by atomic mass is 9.92. The number of aryl methyl sites for hydroxylation is 2. The first-order chi connectivity index (χ1) is 10.7. The molecule has 0 radical (unpaired) electrons. The quantitative estimate of drug-likeness (QED) is 0.360. The Morgan fingerprint density at radius 1 is 0.545 bits per heavy atom. The van der Waals surface area contributed by atoms with Gasteiger partial charge in [0.05, 0.1) is 0 Å². The molecule has 0 amide bonds. The van der Waals surface area contributed by atoms with Crippen molar-refractivity contribution in [3.8, 4) is 11.1 Å². The third-order valence-corrected chi connectivity index (χ3v) is 4.59. The molecule has 0 aromatic heterocycles.